The highest BCUT2D eigenvalue weighted by molar-refractivity contribution is 5.77. The lowest BCUT2D eigenvalue weighted by molar-refractivity contribution is -0.138. The van der Waals surface area contributed by atoms with Crippen molar-refractivity contribution in [3.05, 3.63) is 0 Å². The summed E-state index contributed by atoms with van der Waals surface area (Å²) in [5.41, 5.74) is 0.238. The summed E-state index contributed by atoms with van der Waals surface area (Å²) in [6, 6.07) is 0. The van der Waals surface area contributed by atoms with Crippen LogP contribution in [0.4, 0.5) is 0 Å². The van der Waals surface area contributed by atoms with Crippen LogP contribution in [0.1, 0.15) is 39.0 Å². The van der Waals surface area contributed by atoms with Crippen LogP contribution in [0.15, 0.2) is 0 Å². The number of carboxylic acids is 1. The third-order valence-corrected chi connectivity index (χ3v) is 3.51. The highest BCUT2D eigenvalue weighted by Crippen LogP contribution is 2.48. The van der Waals surface area contributed by atoms with Gasteiger partial charge in [0.2, 0.25) is 5.91 Å². The van der Waals surface area contributed by atoms with E-state index in [4.69, 9.17) is 9.84 Å². The van der Waals surface area contributed by atoms with Gasteiger partial charge < -0.3 is 15.2 Å². The highest BCUT2D eigenvalue weighted by Gasteiger charge is 2.42. The minimum absolute atomic E-state index is 0.0439. The van der Waals surface area contributed by atoms with E-state index in [0.29, 0.717) is 6.54 Å². The molecule has 0 aromatic heterocycles. The molecule has 5 nitrogen and oxygen atoms in total. The Kier molecular flexibility index (Phi) is 5.59. The minimum Gasteiger partial charge on any atom is -0.481 e. The summed E-state index contributed by atoms with van der Waals surface area (Å²) in [6.07, 6.45) is 3.59. The molecule has 5 heteroatoms. The maximum absolute atomic E-state index is 11.6. The number of amides is 1. The van der Waals surface area contributed by atoms with Crippen LogP contribution in [-0.2, 0) is 14.3 Å². The molecule has 0 aliphatic heterocycles. The molecule has 18 heavy (non-hydrogen) atoms. The van der Waals surface area contributed by atoms with Gasteiger partial charge in [-0.2, -0.15) is 0 Å². The molecule has 0 bridgehead atoms. The number of carbonyl (C=O) groups excluding carboxylic acids is 1. The average Bonchev–Trinajstić information content (AvgIpc) is 3.03. The predicted molar refractivity (Wildman–Crippen MR) is 67.2 cm³/mol. The van der Waals surface area contributed by atoms with Gasteiger partial charge in [-0.05, 0) is 30.6 Å². The molecular formula is C13H23NO4. The number of ether oxygens (including phenoxy) is 1. The van der Waals surface area contributed by atoms with Gasteiger partial charge in [-0.15, -0.1) is 0 Å². The maximum Gasteiger partial charge on any atom is 0.303 e. The normalized spacial score (nSPS) is 18.1. The molecule has 1 aliphatic carbocycles. The van der Waals surface area contributed by atoms with E-state index in [2.05, 4.69) is 5.32 Å². The van der Waals surface area contributed by atoms with Crippen molar-refractivity contribution in [2.45, 2.75) is 39.0 Å². The molecule has 1 saturated carbocycles. The van der Waals surface area contributed by atoms with E-state index in [1.54, 1.807) is 14.0 Å². The number of hydrogen-bond donors (Lipinski definition) is 2. The number of rotatable bonds is 9. The van der Waals surface area contributed by atoms with Gasteiger partial charge in [0, 0.05) is 33.1 Å². The summed E-state index contributed by atoms with van der Waals surface area (Å²) in [5.74, 6) is -1.02. The third kappa shape index (κ3) is 5.49. The first-order chi connectivity index (χ1) is 8.47. The predicted octanol–water partition coefficient (Wildman–Crippen LogP) is 1.42. The quantitative estimate of drug-likeness (QED) is 0.655. The van der Waals surface area contributed by atoms with E-state index in [1.165, 1.54) is 0 Å². The van der Waals surface area contributed by atoms with Crippen molar-refractivity contribution in [3.63, 3.8) is 0 Å². The second kappa shape index (κ2) is 6.73. The molecule has 1 unspecified atom stereocenters. The fourth-order valence-electron chi connectivity index (χ4n) is 2.06. The van der Waals surface area contributed by atoms with Gasteiger partial charge in [0.1, 0.15) is 0 Å². The topological polar surface area (TPSA) is 75.6 Å². The van der Waals surface area contributed by atoms with Gasteiger partial charge in [-0.1, -0.05) is 6.92 Å². The summed E-state index contributed by atoms with van der Waals surface area (Å²) in [7, 11) is 1.68. The first-order valence-electron chi connectivity index (χ1n) is 6.45. The van der Waals surface area contributed by atoms with Crippen molar-refractivity contribution < 1.29 is 19.4 Å². The summed E-state index contributed by atoms with van der Waals surface area (Å²) in [6.45, 7) is 3.20. The first kappa shape index (κ1) is 15.0. The molecule has 1 fully saturated rings. The molecule has 0 radical (unpaired) electrons. The molecule has 0 saturated heterocycles. The number of carbonyl (C=O) groups is 2. The summed E-state index contributed by atoms with van der Waals surface area (Å²) in [4.78, 5) is 22.1. The fraction of sp³-hybridized carbons (Fsp3) is 0.846. The number of hydrogen-bond acceptors (Lipinski definition) is 3. The van der Waals surface area contributed by atoms with Crippen LogP contribution in [0, 0.1) is 11.3 Å². The van der Waals surface area contributed by atoms with Gasteiger partial charge in [0.05, 0.1) is 0 Å². The van der Waals surface area contributed by atoms with Crippen LogP contribution in [0.5, 0.6) is 0 Å². The zero-order valence-electron chi connectivity index (χ0n) is 11.2. The van der Waals surface area contributed by atoms with Gasteiger partial charge in [0.25, 0.3) is 0 Å². The van der Waals surface area contributed by atoms with Crippen LogP contribution in [0.3, 0.4) is 0 Å². The van der Waals surface area contributed by atoms with Crippen molar-refractivity contribution in [3.8, 4) is 0 Å². The summed E-state index contributed by atoms with van der Waals surface area (Å²) < 4.78 is 5.05. The molecule has 0 heterocycles. The molecular weight excluding hydrogens is 234 g/mol. The lowest BCUT2D eigenvalue weighted by Gasteiger charge is -2.16. The molecule has 1 atom stereocenters. The van der Waals surface area contributed by atoms with E-state index in [9.17, 15) is 9.59 Å². The van der Waals surface area contributed by atoms with E-state index in [1.807, 2.05) is 0 Å². The third-order valence-electron chi connectivity index (χ3n) is 3.51. The zero-order valence-corrected chi connectivity index (χ0v) is 11.2. The maximum atomic E-state index is 11.6. The van der Waals surface area contributed by atoms with Crippen molar-refractivity contribution >= 4 is 11.9 Å². The van der Waals surface area contributed by atoms with Crippen molar-refractivity contribution in [1.82, 2.24) is 5.32 Å². The van der Waals surface area contributed by atoms with E-state index >= 15 is 0 Å². The number of nitrogens with one attached hydrogen (secondary N) is 1. The SMILES string of the molecule is COCCC1(CNC(=O)CC(C)CC(=O)O)CC1. The van der Waals surface area contributed by atoms with Gasteiger partial charge >= 0.3 is 5.97 Å². The van der Waals surface area contributed by atoms with Gasteiger partial charge in [-0.3, -0.25) is 9.59 Å². The largest absolute Gasteiger partial charge is 0.481 e. The Morgan fingerprint density at radius 2 is 2.06 bits per heavy atom. The molecule has 1 amide bonds. The fourth-order valence-corrected chi connectivity index (χ4v) is 2.06. The zero-order chi connectivity index (χ0) is 13.6. The van der Waals surface area contributed by atoms with Crippen molar-refractivity contribution in [2.24, 2.45) is 11.3 Å². The Morgan fingerprint density at radius 1 is 1.39 bits per heavy atom. The van der Waals surface area contributed by atoms with Crippen LogP contribution in [0.2, 0.25) is 0 Å². The van der Waals surface area contributed by atoms with Crippen molar-refractivity contribution in [1.29, 1.82) is 0 Å². The standard InChI is InChI=1S/C13H23NO4/c1-10(8-12(16)17)7-11(15)14-9-13(3-4-13)5-6-18-2/h10H,3-9H2,1-2H3,(H,14,15)(H,16,17). The molecule has 1 aliphatic rings. The summed E-state index contributed by atoms with van der Waals surface area (Å²) >= 11 is 0. The van der Waals surface area contributed by atoms with Crippen molar-refractivity contribution in [2.75, 3.05) is 20.3 Å². The van der Waals surface area contributed by atoms with E-state index in [0.717, 1.165) is 25.9 Å². The molecule has 0 spiro atoms. The van der Waals surface area contributed by atoms with Crippen LogP contribution in [-0.4, -0.2) is 37.2 Å². The molecule has 1 rings (SSSR count). The lowest BCUT2D eigenvalue weighted by atomic mass is 10.0. The van der Waals surface area contributed by atoms with Gasteiger partial charge in [0.15, 0.2) is 0 Å². The molecule has 2 N–H and O–H groups in total. The van der Waals surface area contributed by atoms with E-state index in [-0.39, 0.29) is 30.1 Å². The Labute approximate surface area is 108 Å². The summed E-state index contributed by atoms with van der Waals surface area (Å²) in [5, 5.41) is 11.5. The average molecular weight is 257 g/mol. The second-order valence-electron chi connectivity index (χ2n) is 5.43. The molecule has 0 aromatic rings. The molecule has 104 valence electrons. The lowest BCUT2D eigenvalue weighted by Crippen LogP contribution is -2.32. The number of carboxylic acid groups (broad SMARTS) is 1. The monoisotopic (exact) mass is 257 g/mol. The smallest absolute Gasteiger partial charge is 0.303 e. The van der Waals surface area contributed by atoms with Crippen LogP contribution >= 0.6 is 0 Å². The van der Waals surface area contributed by atoms with E-state index < -0.39 is 5.97 Å². The highest BCUT2D eigenvalue weighted by atomic mass is 16.5. The van der Waals surface area contributed by atoms with Gasteiger partial charge in [-0.25, -0.2) is 0 Å². The minimum atomic E-state index is -0.853. The Bertz CT molecular complexity index is 299. The Hall–Kier alpha value is -1.10. The molecule has 0 aromatic carbocycles. The first-order valence-corrected chi connectivity index (χ1v) is 6.45. The van der Waals surface area contributed by atoms with Crippen LogP contribution in [0.25, 0.3) is 0 Å². The Balaban J connectivity index is 2.19. The number of methoxy groups -OCH3 is 1. The van der Waals surface area contributed by atoms with Crippen LogP contribution < -0.4 is 5.32 Å². The number of aliphatic carboxylic acids is 1. The second-order valence-corrected chi connectivity index (χ2v) is 5.43. The Morgan fingerprint density at radius 3 is 2.56 bits per heavy atom.